The quantitative estimate of drug-likeness (QED) is 0.811. The van der Waals surface area contributed by atoms with Crippen LogP contribution < -0.4 is 5.32 Å². The van der Waals surface area contributed by atoms with Crippen LogP contribution in [0.1, 0.15) is 65.9 Å². The molecule has 18 heavy (non-hydrogen) atoms. The zero-order chi connectivity index (χ0) is 13.7. The molecule has 1 heterocycles. The highest BCUT2D eigenvalue weighted by Crippen LogP contribution is 2.23. The summed E-state index contributed by atoms with van der Waals surface area (Å²) in [6.45, 7) is 14.1. The van der Waals surface area contributed by atoms with Crippen molar-refractivity contribution in [3.8, 4) is 0 Å². The highest BCUT2D eigenvalue weighted by molar-refractivity contribution is 4.92. The van der Waals surface area contributed by atoms with Gasteiger partial charge in [-0.05, 0) is 42.2 Å². The molecule has 0 aromatic carbocycles. The molecule has 0 fully saturated rings. The summed E-state index contributed by atoms with van der Waals surface area (Å²) in [6.07, 6.45) is 1.05. The zero-order valence-electron chi connectivity index (χ0n) is 12.5. The Bertz CT molecular complexity index is 345. The molecule has 1 aromatic heterocycles. The molecule has 104 valence electrons. The summed E-state index contributed by atoms with van der Waals surface area (Å²) < 4.78 is 1.99. The predicted molar refractivity (Wildman–Crippen MR) is 73.2 cm³/mol. The molecule has 1 N–H and O–H groups in total. The van der Waals surface area contributed by atoms with E-state index in [4.69, 9.17) is 0 Å². The lowest BCUT2D eigenvalue weighted by atomic mass is 10.0. The summed E-state index contributed by atoms with van der Waals surface area (Å²) in [5, 5.41) is 15.7. The molecule has 5 heteroatoms. The van der Waals surface area contributed by atoms with Crippen LogP contribution in [0.3, 0.4) is 0 Å². The molecule has 1 aromatic rings. The molecule has 0 radical (unpaired) electrons. The number of hydrogen-bond acceptors (Lipinski definition) is 4. The van der Waals surface area contributed by atoms with Crippen LogP contribution in [0.25, 0.3) is 0 Å². The van der Waals surface area contributed by atoms with Crippen molar-refractivity contribution in [3.63, 3.8) is 0 Å². The summed E-state index contributed by atoms with van der Waals surface area (Å²) in [4.78, 5) is 0. The van der Waals surface area contributed by atoms with Gasteiger partial charge in [0, 0.05) is 0 Å². The Morgan fingerprint density at radius 3 is 2.33 bits per heavy atom. The molecule has 0 saturated heterocycles. The number of rotatable bonds is 7. The lowest BCUT2D eigenvalue weighted by Crippen LogP contribution is -2.28. The number of hydrogen-bond donors (Lipinski definition) is 1. The second-order valence-electron chi connectivity index (χ2n) is 5.73. The Hall–Kier alpha value is -0.970. The van der Waals surface area contributed by atoms with E-state index >= 15 is 0 Å². The Kier molecular flexibility index (Phi) is 5.72. The van der Waals surface area contributed by atoms with Gasteiger partial charge in [0.2, 0.25) is 0 Å². The fourth-order valence-corrected chi connectivity index (χ4v) is 2.15. The SMILES string of the molecule is CCC(C(C)C)n1nnnc1C(C)NCC(C)C. The molecule has 1 rings (SSSR count). The molecule has 0 bridgehead atoms. The fourth-order valence-electron chi connectivity index (χ4n) is 2.15. The van der Waals surface area contributed by atoms with Gasteiger partial charge in [-0.2, -0.15) is 0 Å². The third kappa shape index (κ3) is 3.77. The van der Waals surface area contributed by atoms with Crippen molar-refractivity contribution >= 4 is 0 Å². The van der Waals surface area contributed by atoms with Crippen LogP contribution in [0, 0.1) is 11.8 Å². The largest absolute Gasteiger partial charge is 0.307 e. The van der Waals surface area contributed by atoms with Gasteiger partial charge in [0.05, 0.1) is 12.1 Å². The Morgan fingerprint density at radius 1 is 1.17 bits per heavy atom. The van der Waals surface area contributed by atoms with E-state index in [-0.39, 0.29) is 6.04 Å². The zero-order valence-corrected chi connectivity index (χ0v) is 12.5. The normalized spacial score (nSPS) is 15.3. The molecular formula is C13H27N5. The molecule has 0 saturated carbocycles. The lowest BCUT2D eigenvalue weighted by molar-refractivity contribution is 0.311. The maximum absolute atomic E-state index is 4.18. The molecule has 5 nitrogen and oxygen atoms in total. The van der Waals surface area contributed by atoms with Crippen molar-refractivity contribution < 1.29 is 0 Å². The summed E-state index contributed by atoms with van der Waals surface area (Å²) >= 11 is 0. The number of aromatic nitrogens is 4. The van der Waals surface area contributed by atoms with Gasteiger partial charge in [-0.25, -0.2) is 4.68 Å². The van der Waals surface area contributed by atoms with Gasteiger partial charge in [0.1, 0.15) is 0 Å². The standard InChI is InChI=1S/C13H27N5/c1-7-12(10(4)5)18-13(15-16-17-18)11(6)14-8-9(2)3/h9-12,14H,7-8H2,1-6H3. The lowest BCUT2D eigenvalue weighted by Gasteiger charge is -2.22. The number of nitrogens with zero attached hydrogens (tertiary/aromatic N) is 4. The van der Waals surface area contributed by atoms with E-state index in [0.29, 0.717) is 17.9 Å². The van der Waals surface area contributed by atoms with Crippen LogP contribution in [0.15, 0.2) is 0 Å². The van der Waals surface area contributed by atoms with Crippen molar-refractivity contribution in [1.82, 2.24) is 25.5 Å². The summed E-state index contributed by atoms with van der Waals surface area (Å²) in [6, 6.07) is 0.563. The van der Waals surface area contributed by atoms with Crippen molar-refractivity contribution in [3.05, 3.63) is 5.82 Å². The van der Waals surface area contributed by atoms with Crippen LogP contribution >= 0.6 is 0 Å². The van der Waals surface area contributed by atoms with Crippen LogP contribution in [-0.4, -0.2) is 26.8 Å². The minimum absolute atomic E-state index is 0.190. The van der Waals surface area contributed by atoms with Crippen LogP contribution in [0.4, 0.5) is 0 Å². The summed E-state index contributed by atoms with van der Waals surface area (Å²) in [7, 11) is 0. The Labute approximate surface area is 110 Å². The Morgan fingerprint density at radius 2 is 1.83 bits per heavy atom. The average molecular weight is 253 g/mol. The van der Waals surface area contributed by atoms with E-state index in [1.165, 1.54) is 0 Å². The van der Waals surface area contributed by atoms with Crippen LogP contribution in [0.2, 0.25) is 0 Å². The minimum Gasteiger partial charge on any atom is -0.307 e. The van der Waals surface area contributed by atoms with Gasteiger partial charge in [-0.1, -0.05) is 34.6 Å². The minimum atomic E-state index is 0.190. The van der Waals surface area contributed by atoms with Crippen molar-refractivity contribution in [2.75, 3.05) is 6.54 Å². The summed E-state index contributed by atoms with van der Waals surface area (Å²) in [5.74, 6) is 2.11. The van der Waals surface area contributed by atoms with E-state index < -0.39 is 0 Å². The number of nitrogens with one attached hydrogen (secondary N) is 1. The van der Waals surface area contributed by atoms with Crippen molar-refractivity contribution in [1.29, 1.82) is 0 Å². The van der Waals surface area contributed by atoms with E-state index in [1.54, 1.807) is 0 Å². The average Bonchev–Trinajstić information content (AvgIpc) is 2.75. The molecule has 0 amide bonds. The molecule has 2 unspecified atom stereocenters. The molecule has 0 aliphatic rings. The first-order valence-corrected chi connectivity index (χ1v) is 6.98. The first kappa shape index (κ1) is 15.1. The third-order valence-electron chi connectivity index (χ3n) is 3.24. The van der Waals surface area contributed by atoms with Gasteiger partial charge in [-0.15, -0.1) is 5.10 Å². The van der Waals surface area contributed by atoms with Gasteiger partial charge in [-0.3, -0.25) is 0 Å². The van der Waals surface area contributed by atoms with E-state index in [2.05, 4.69) is 62.4 Å². The van der Waals surface area contributed by atoms with E-state index in [9.17, 15) is 0 Å². The predicted octanol–water partition coefficient (Wildman–Crippen LogP) is 2.59. The van der Waals surface area contributed by atoms with Crippen molar-refractivity contribution in [2.24, 2.45) is 11.8 Å². The Balaban J connectivity index is 2.80. The van der Waals surface area contributed by atoms with Crippen LogP contribution in [-0.2, 0) is 0 Å². The smallest absolute Gasteiger partial charge is 0.168 e. The number of tetrazole rings is 1. The highest BCUT2D eigenvalue weighted by Gasteiger charge is 2.22. The second-order valence-corrected chi connectivity index (χ2v) is 5.73. The van der Waals surface area contributed by atoms with Gasteiger partial charge in [0.15, 0.2) is 5.82 Å². The third-order valence-corrected chi connectivity index (χ3v) is 3.24. The fraction of sp³-hybridized carbons (Fsp3) is 0.923. The summed E-state index contributed by atoms with van der Waals surface area (Å²) in [5.41, 5.74) is 0. The highest BCUT2D eigenvalue weighted by atomic mass is 15.6. The molecule has 0 spiro atoms. The first-order valence-electron chi connectivity index (χ1n) is 6.98. The molecule has 2 atom stereocenters. The van der Waals surface area contributed by atoms with Gasteiger partial charge in [0.25, 0.3) is 0 Å². The van der Waals surface area contributed by atoms with Gasteiger partial charge >= 0.3 is 0 Å². The molecular weight excluding hydrogens is 226 g/mol. The monoisotopic (exact) mass is 253 g/mol. The second kappa shape index (κ2) is 6.83. The van der Waals surface area contributed by atoms with Crippen molar-refractivity contribution in [2.45, 2.75) is 60.0 Å². The first-order chi connectivity index (χ1) is 8.47. The van der Waals surface area contributed by atoms with E-state index in [0.717, 1.165) is 18.8 Å². The molecule has 0 aliphatic heterocycles. The van der Waals surface area contributed by atoms with E-state index in [1.807, 2.05) is 4.68 Å². The maximum atomic E-state index is 4.18. The molecule has 0 aliphatic carbocycles. The topological polar surface area (TPSA) is 55.6 Å². The van der Waals surface area contributed by atoms with Gasteiger partial charge < -0.3 is 5.32 Å². The van der Waals surface area contributed by atoms with Crippen LogP contribution in [0.5, 0.6) is 0 Å². The maximum Gasteiger partial charge on any atom is 0.168 e.